The molecule has 1 heterocycles. The molecule has 0 radical (unpaired) electrons. The topological polar surface area (TPSA) is 44.9 Å². The van der Waals surface area contributed by atoms with Gasteiger partial charge in [-0.25, -0.2) is 0 Å². The minimum absolute atomic E-state index is 0.0375. The van der Waals surface area contributed by atoms with Crippen LogP contribution in [0.15, 0.2) is 16.9 Å². The van der Waals surface area contributed by atoms with E-state index in [0.29, 0.717) is 12.1 Å². The Balaban J connectivity index is 1.49. The van der Waals surface area contributed by atoms with Crippen LogP contribution in [0.3, 0.4) is 0 Å². The van der Waals surface area contributed by atoms with Crippen molar-refractivity contribution in [1.82, 2.24) is 10.3 Å². The quantitative estimate of drug-likeness (QED) is 0.896. The summed E-state index contributed by atoms with van der Waals surface area (Å²) in [6.45, 7) is 2.38. The van der Waals surface area contributed by atoms with Crippen LogP contribution < -0.4 is 10.9 Å². The first-order valence-electron chi connectivity index (χ1n) is 8.69. The van der Waals surface area contributed by atoms with Crippen LogP contribution in [0.2, 0.25) is 0 Å². The zero-order chi connectivity index (χ0) is 14.4. The standard InChI is InChI=1S/C18H26N2O/c1-11(15-10-12-5-6-13(15)9-12)19-16-3-2-4-17-14(16)7-8-18(21)20-17/h7-8,11-13,15-16,19H,2-6,9-10H2,1H3,(H,20,21). The molecule has 1 aromatic heterocycles. The van der Waals surface area contributed by atoms with Gasteiger partial charge in [-0.1, -0.05) is 12.5 Å². The molecule has 1 aromatic rings. The molecule has 0 amide bonds. The number of fused-ring (bicyclic) bond motifs is 3. The smallest absolute Gasteiger partial charge is 0.248 e. The molecule has 0 spiro atoms. The number of hydrogen-bond acceptors (Lipinski definition) is 2. The number of rotatable bonds is 3. The normalized spacial score (nSPS) is 35.7. The molecule has 2 fully saturated rings. The first-order chi connectivity index (χ1) is 10.2. The van der Waals surface area contributed by atoms with E-state index in [1.807, 2.05) is 6.07 Å². The van der Waals surface area contributed by atoms with Gasteiger partial charge < -0.3 is 10.3 Å². The van der Waals surface area contributed by atoms with E-state index in [2.05, 4.69) is 17.2 Å². The van der Waals surface area contributed by atoms with Gasteiger partial charge in [-0.05, 0) is 68.8 Å². The number of nitrogens with one attached hydrogen (secondary N) is 2. The van der Waals surface area contributed by atoms with E-state index in [9.17, 15) is 4.79 Å². The molecule has 0 aliphatic heterocycles. The molecule has 3 aliphatic rings. The average Bonchev–Trinajstić information content (AvgIpc) is 3.10. The molecule has 3 aliphatic carbocycles. The zero-order valence-electron chi connectivity index (χ0n) is 12.9. The Kier molecular flexibility index (Phi) is 3.41. The lowest BCUT2D eigenvalue weighted by Crippen LogP contribution is -2.40. The molecule has 3 heteroatoms. The maximum absolute atomic E-state index is 11.5. The zero-order valence-corrected chi connectivity index (χ0v) is 12.9. The fourth-order valence-corrected chi connectivity index (χ4v) is 5.22. The third kappa shape index (κ3) is 2.46. The van der Waals surface area contributed by atoms with Gasteiger partial charge in [-0.15, -0.1) is 0 Å². The largest absolute Gasteiger partial charge is 0.326 e. The minimum Gasteiger partial charge on any atom is -0.326 e. The van der Waals surface area contributed by atoms with Crippen molar-refractivity contribution < 1.29 is 0 Å². The summed E-state index contributed by atoms with van der Waals surface area (Å²) in [5.74, 6) is 2.85. The van der Waals surface area contributed by atoms with Gasteiger partial charge >= 0.3 is 0 Å². The summed E-state index contributed by atoms with van der Waals surface area (Å²) in [7, 11) is 0. The van der Waals surface area contributed by atoms with Crippen LogP contribution in [-0.4, -0.2) is 11.0 Å². The summed E-state index contributed by atoms with van der Waals surface area (Å²) in [6.07, 6.45) is 9.23. The number of hydrogen-bond donors (Lipinski definition) is 2. The third-order valence-electron chi connectivity index (χ3n) is 6.23. The van der Waals surface area contributed by atoms with E-state index in [0.717, 1.165) is 29.9 Å². The van der Waals surface area contributed by atoms with Crippen molar-refractivity contribution in [3.8, 4) is 0 Å². The molecule has 2 bridgehead atoms. The highest BCUT2D eigenvalue weighted by atomic mass is 16.1. The summed E-state index contributed by atoms with van der Waals surface area (Å²) in [6, 6.07) is 4.75. The van der Waals surface area contributed by atoms with Crippen LogP contribution in [0.5, 0.6) is 0 Å². The lowest BCUT2D eigenvalue weighted by molar-refractivity contribution is 0.238. The molecule has 114 valence electrons. The Morgan fingerprint density at radius 3 is 2.90 bits per heavy atom. The molecule has 5 atom stereocenters. The lowest BCUT2D eigenvalue weighted by Gasteiger charge is -2.34. The Morgan fingerprint density at radius 2 is 2.14 bits per heavy atom. The Morgan fingerprint density at radius 1 is 1.24 bits per heavy atom. The predicted octanol–water partition coefficient (Wildman–Crippen LogP) is 3.17. The third-order valence-corrected chi connectivity index (χ3v) is 6.23. The number of aromatic amines is 1. The highest BCUT2D eigenvalue weighted by Crippen LogP contribution is 2.49. The summed E-state index contributed by atoms with van der Waals surface area (Å²) in [5.41, 5.74) is 2.53. The second kappa shape index (κ2) is 5.28. The molecular weight excluding hydrogens is 260 g/mol. The van der Waals surface area contributed by atoms with Gasteiger partial charge in [0.1, 0.15) is 0 Å². The van der Waals surface area contributed by atoms with Crippen LogP contribution in [0.25, 0.3) is 0 Å². The number of H-pyrrole nitrogens is 1. The van der Waals surface area contributed by atoms with Gasteiger partial charge in [0.05, 0.1) is 0 Å². The van der Waals surface area contributed by atoms with Gasteiger partial charge in [-0.2, -0.15) is 0 Å². The highest BCUT2D eigenvalue weighted by Gasteiger charge is 2.42. The molecule has 2 saturated carbocycles. The molecule has 5 unspecified atom stereocenters. The van der Waals surface area contributed by atoms with Crippen molar-refractivity contribution in [2.75, 3.05) is 0 Å². The SMILES string of the molecule is CC(NC1CCCc2[nH]c(=O)ccc21)C1CC2CCC1C2. The van der Waals surface area contributed by atoms with Crippen molar-refractivity contribution >= 4 is 0 Å². The summed E-state index contributed by atoms with van der Waals surface area (Å²) in [5, 5.41) is 3.90. The van der Waals surface area contributed by atoms with Gasteiger partial charge in [0, 0.05) is 23.8 Å². The fraction of sp³-hybridized carbons (Fsp3) is 0.722. The Bertz CT molecular complexity index is 579. The van der Waals surface area contributed by atoms with Gasteiger partial charge in [-0.3, -0.25) is 4.79 Å². The molecule has 2 N–H and O–H groups in total. The van der Waals surface area contributed by atoms with Crippen LogP contribution in [-0.2, 0) is 6.42 Å². The molecule has 0 saturated heterocycles. The number of pyridine rings is 1. The maximum atomic E-state index is 11.5. The van der Waals surface area contributed by atoms with Crippen molar-refractivity contribution in [3.05, 3.63) is 33.7 Å². The van der Waals surface area contributed by atoms with Crippen LogP contribution in [0.4, 0.5) is 0 Å². The maximum Gasteiger partial charge on any atom is 0.248 e. The summed E-state index contributed by atoms with van der Waals surface area (Å²) >= 11 is 0. The van der Waals surface area contributed by atoms with Gasteiger partial charge in [0.25, 0.3) is 0 Å². The molecule has 0 aromatic carbocycles. The van der Waals surface area contributed by atoms with E-state index < -0.39 is 0 Å². The van der Waals surface area contributed by atoms with Crippen molar-refractivity contribution in [2.45, 2.75) is 64.0 Å². The van der Waals surface area contributed by atoms with E-state index in [1.165, 1.54) is 44.1 Å². The number of aryl methyl sites for hydroxylation is 1. The van der Waals surface area contributed by atoms with Gasteiger partial charge in [0.15, 0.2) is 0 Å². The summed E-state index contributed by atoms with van der Waals surface area (Å²) < 4.78 is 0. The van der Waals surface area contributed by atoms with E-state index in [1.54, 1.807) is 6.07 Å². The average molecular weight is 286 g/mol. The van der Waals surface area contributed by atoms with Crippen molar-refractivity contribution in [3.63, 3.8) is 0 Å². The molecule has 3 nitrogen and oxygen atoms in total. The second-order valence-corrected chi connectivity index (χ2v) is 7.50. The summed E-state index contributed by atoms with van der Waals surface area (Å²) in [4.78, 5) is 14.5. The number of aromatic nitrogens is 1. The van der Waals surface area contributed by atoms with Crippen LogP contribution >= 0.6 is 0 Å². The Labute approximate surface area is 126 Å². The van der Waals surface area contributed by atoms with Gasteiger partial charge in [0.2, 0.25) is 5.56 Å². The van der Waals surface area contributed by atoms with Crippen LogP contribution in [0, 0.1) is 17.8 Å². The van der Waals surface area contributed by atoms with Crippen molar-refractivity contribution in [1.29, 1.82) is 0 Å². The lowest BCUT2D eigenvalue weighted by atomic mass is 9.82. The fourth-order valence-electron chi connectivity index (χ4n) is 5.22. The van der Waals surface area contributed by atoms with E-state index in [4.69, 9.17) is 0 Å². The first-order valence-corrected chi connectivity index (χ1v) is 8.69. The minimum atomic E-state index is 0.0375. The Hall–Kier alpha value is -1.09. The molecule has 21 heavy (non-hydrogen) atoms. The second-order valence-electron chi connectivity index (χ2n) is 7.50. The molecular formula is C18H26N2O. The van der Waals surface area contributed by atoms with Crippen LogP contribution in [0.1, 0.15) is 62.7 Å². The first kappa shape index (κ1) is 13.6. The monoisotopic (exact) mass is 286 g/mol. The van der Waals surface area contributed by atoms with E-state index >= 15 is 0 Å². The highest BCUT2D eigenvalue weighted by molar-refractivity contribution is 5.26. The van der Waals surface area contributed by atoms with E-state index in [-0.39, 0.29) is 5.56 Å². The predicted molar refractivity (Wildman–Crippen MR) is 84.3 cm³/mol. The molecule has 4 rings (SSSR count). The van der Waals surface area contributed by atoms with Crippen molar-refractivity contribution in [2.24, 2.45) is 17.8 Å².